The number of aryl methyl sites for hydroxylation is 1. The van der Waals surface area contributed by atoms with Crippen LogP contribution in [0.4, 0.5) is 0 Å². The van der Waals surface area contributed by atoms with E-state index in [1.807, 2.05) is 25.1 Å². The van der Waals surface area contributed by atoms with E-state index in [0.29, 0.717) is 12.1 Å². The lowest BCUT2D eigenvalue weighted by molar-refractivity contribution is 0.0711. The Kier molecular flexibility index (Phi) is 4.13. The third-order valence-corrected chi connectivity index (χ3v) is 5.42. The molecule has 20 heavy (non-hydrogen) atoms. The summed E-state index contributed by atoms with van der Waals surface area (Å²) in [6.07, 6.45) is 4.71. The fourth-order valence-corrected chi connectivity index (χ4v) is 3.69. The molecule has 2 aliphatic heterocycles. The molecular formula is C16H21BrN2O. The number of nitrogens with one attached hydrogen (secondary N) is 1. The highest BCUT2D eigenvalue weighted by Crippen LogP contribution is 2.27. The normalized spacial score (nSPS) is 26.2. The van der Waals surface area contributed by atoms with Gasteiger partial charge in [0.15, 0.2) is 0 Å². The van der Waals surface area contributed by atoms with Crippen molar-refractivity contribution in [2.24, 2.45) is 0 Å². The molecule has 0 saturated carbocycles. The van der Waals surface area contributed by atoms with Crippen molar-refractivity contribution in [1.29, 1.82) is 0 Å². The molecule has 2 aliphatic rings. The lowest BCUT2D eigenvalue weighted by Crippen LogP contribution is -2.46. The predicted octanol–water partition coefficient (Wildman–Crippen LogP) is 3.11. The maximum Gasteiger partial charge on any atom is 0.254 e. The molecule has 0 bridgehead atoms. The van der Waals surface area contributed by atoms with E-state index in [2.05, 4.69) is 26.1 Å². The first-order valence-corrected chi connectivity index (χ1v) is 8.26. The summed E-state index contributed by atoms with van der Waals surface area (Å²) in [5.41, 5.74) is 1.93. The Balaban J connectivity index is 1.79. The number of hydrogen-bond acceptors (Lipinski definition) is 2. The highest BCUT2D eigenvalue weighted by molar-refractivity contribution is 9.10. The summed E-state index contributed by atoms with van der Waals surface area (Å²) in [7, 11) is 0. The molecular weight excluding hydrogens is 316 g/mol. The summed E-state index contributed by atoms with van der Waals surface area (Å²) in [5.74, 6) is 0.191. The van der Waals surface area contributed by atoms with Crippen molar-refractivity contribution in [3.63, 3.8) is 0 Å². The number of carbonyl (C=O) groups is 1. The molecule has 3 rings (SSSR count). The van der Waals surface area contributed by atoms with Gasteiger partial charge in [-0.2, -0.15) is 0 Å². The van der Waals surface area contributed by atoms with Gasteiger partial charge in [-0.3, -0.25) is 4.79 Å². The molecule has 2 atom stereocenters. The van der Waals surface area contributed by atoms with E-state index in [-0.39, 0.29) is 5.91 Å². The molecule has 0 radical (unpaired) electrons. The van der Waals surface area contributed by atoms with Gasteiger partial charge in [0.2, 0.25) is 0 Å². The maximum absolute atomic E-state index is 12.8. The quantitative estimate of drug-likeness (QED) is 0.899. The van der Waals surface area contributed by atoms with Crippen molar-refractivity contribution in [2.75, 3.05) is 13.1 Å². The van der Waals surface area contributed by atoms with Crippen molar-refractivity contribution in [3.05, 3.63) is 33.8 Å². The van der Waals surface area contributed by atoms with E-state index in [4.69, 9.17) is 0 Å². The smallest absolute Gasteiger partial charge is 0.254 e. The van der Waals surface area contributed by atoms with Crippen molar-refractivity contribution in [1.82, 2.24) is 10.2 Å². The molecule has 1 amide bonds. The van der Waals surface area contributed by atoms with E-state index < -0.39 is 0 Å². The monoisotopic (exact) mass is 336 g/mol. The second kappa shape index (κ2) is 5.86. The Bertz CT molecular complexity index is 511. The minimum atomic E-state index is 0.191. The van der Waals surface area contributed by atoms with E-state index in [1.165, 1.54) is 12.8 Å². The topological polar surface area (TPSA) is 32.3 Å². The third-order valence-electron chi connectivity index (χ3n) is 4.53. The van der Waals surface area contributed by atoms with Crippen LogP contribution < -0.4 is 5.32 Å². The fourth-order valence-electron chi connectivity index (χ4n) is 3.45. The van der Waals surface area contributed by atoms with E-state index >= 15 is 0 Å². The average molecular weight is 337 g/mol. The zero-order valence-electron chi connectivity index (χ0n) is 11.9. The van der Waals surface area contributed by atoms with Crippen LogP contribution >= 0.6 is 15.9 Å². The molecule has 0 aromatic heterocycles. The van der Waals surface area contributed by atoms with Gasteiger partial charge < -0.3 is 10.2 Å². The van der Waals surface area contributed by atoms with Gasteiger partial charge in [0.25, 0.3) is 5.91 Å². The van der Waals surface area contributed by atoms with Crippen molar-refractivity contribution >= 4 is 21.8 Å². The van der Waals surface area contributed by atoms with E-state index in [9.17, 15) is 4.79 Å². The van der Waals surface area contributed by atoms with Crippen LogP contribution in [0.3, 0.4) is 0 Å². The first-order chi connectivity index (χ1) is 9.66. The SMILES string of the molecule is Cc1cc(C(=O)N2CCCC2C2CCCN2)ccc1Br. The largest absolute Gasteiger partial charge is 0.334 e. The van der Waals surface area contributed by atoms with Gasteiger partial charge in [-0.15, -0.1) is 0 Å². The number of carbonyl (C=O) groups excluding carboxylic acids is 1. The molecule has 2 fully saturated rings. The van der Waals surface area contributed by atoms with Crippen LogP contribution in [0.5, 0.6) is 0 Å². The Morgan fingerprint density at radius 1 is 1.35 bits per heavy atom. The summed E-state index contributed by atoms with van der Waals surface area (Å²) in [4.78, 5) is 14.8. The first-order valence-electron chi connectivity index (χ1n) is 7.47. The Morgan fingerprint density at radius 2 is 2.20 bits per heavy atom. The molecule has 1 N–H and O–H groups in total. The van der Waals surface area contributed by atoms with Crippen LogP contribution in [0.25, 0.3) is 0 Å². The van der Waals surface area contributed by atoms with Crippen molar-refractivity contribution < 1.29 is 4.79 Å². The summed E-state index contributed by atoms with van der Waals surface area (Å²) >= 11 is 3.49. The maximum atomic E-state index is 12.8. The zero-order chi connectivity index (χ0) is 14.1. The van der Waals surface area contributed by atoms with Gasteiger partial charge in [-0.25, -0.2) is 0 Å². The standard InChI is InChI=1S/C16H21BrN2O/c1-11-10-12(6-7-13(11)17)16(20)19-9-3-5-15(19)14-4-2-8-18-14/h6-7,10,14-15,18H,2-5,8-9H2,1H3. The predicted molar refractivity (Wildman–Crippen MR) is 84.0 cm³/mol. The third kappa shape index (κ3) is 2.63. The molecule has 4 heteroatoms. The van der Waals surface area contributed by atoms with Crippen LogP contribution in [0, 0.1) is 6.92 Å². The number of likely N-dealkylation sites (tertiary alicyclic amines) is 1. The fraction of sp³-hybridized carbons (Fsp3) is 0.562. The van der Waals surface area contributed by atoms with Gasteiger partial charge in [0.05, 0.1) is 0 Å². The number of benzene rings is 1. The molecule has 108 valence electrons. The van der Waals surface area contributed by atoms with Crippen LogP contribution in [0.1, 0.15) is 41.6 Å². The molecule has 2 heterocycles. The van der Waals surface area contributed by atoms with Gasteiger partial charge in [0.1, 0.15) is 0 Å². The minimum Gasteiger partial charge on any atom is -0.334 e. The van der Waals surface area contributed by atoms with Gasteiger partial charge in [0, 0.05) is 28.7 Å². The molecule has 1 aromatic rings. The molecule has 0 aliphatic carbocycles. The van der Waals surface area contributed by atoms with E-state index in [1.54, 1.807) is 0 Å². The second-order valence-electron chi connectivity index (χ2n) is 5.87. The van der Waals surface area contributed by atoms with Gasteiger partial charge in [-0.1, -0.05) is 15.9 Å². The Morgan fingerprint density at radius 3 is 2.90 bits per heavy atom. The summed E-state index contributed by atoms with van der Waals surface area (Å²) < 4.78 is 1.06. The number of amides is 1. The first kappa shape index (κ1) is 14.1. The molecule has 3 nitrogen and oxygen atoms in total. The lowest BCUT2D eigenvalue weighted by Gasteiger charge is -2.29. The second-order valence-corrected chi connectivity index (χ2v) is 6.73. The lowest BCUT2D eigenvalue weighted by atomic mass is 10.0. The van der Waals surface area contributed by atoms with Crippen LogP contribution in [-0.2, 0) is 0 Å². The zero-order valence-corrected chi connectivity index (χ0v) is 13.4. The Hall–Kier alpha value is -0.870. The molecule has 2 saturated heterocycles. The van der Waals surface area contributed by atoms with Crippen molar-refractivity contribution in [2.45, 2.75) is 44.7 Å². The molecule has 2 unspecified atom stereocenters. The molecule has 0 spiro atoms. The number of hydrogen-bond donors (Lipinski definition) is 1. The average Bonchev–Trinajstić information content (AvgIpc) is 3.10. The van der Waals surface area contributed by atoms with Gasteiger partial charge in [-0.05, 0) is 62.9 Å². The van der Waals surface area contributed by atoms with Crippen LogP contribution in [-0.4, -0.2) is 36.0 Å². The number of rotatable bonds is 2. The number of nitrogens with zero attached hydrogens (tertiary/aromatic N) is 1. The summed E-state index contributed by atoms with van der Waals surface area (Å²) in [6, 6.07) is 6.77. The summed E-state index contributed by atoms with van der Waals surface area (Å²) in [5, 5.41) is 3.55. The highest BCUT2D eigenvalue weighted by atomic mass is 79.9. The number of halogens is 1. The van der Waals surface area contributed by atoms with E-state index in [0.717, 1.165) is 41.5 Å². The Labute approximate surface area is 128 Å². The molecule has 1 aromatic carbocycles. The van der Waals surface area contributed by atoms with Crippen LogP contribution in [0.15, 0.2) is 22.7 Å². The minimum absolute atomic E-state index is 0.191. The highest BCUT2D eigenvalue weighted by Gasteiger charge is 2.36. The summed E-state index contributed by atoms with van der Waals surface area (Å²) in [6.45, 7) is 4.03. The van der Waals surface area contributed by atoms with Gasteiger partial charge >= 0.3 is 0 Å². The van der Waals surface area contributed by atoms with Crippen molar-refractivity contribution in [3.8, 4) is 0 Å². The van der Waals surface area contributed by atoms with Crippen LogP contribution in [0.2, 0.25) is 0 Å².